The Morgan fingerprint density at radius 1 is 0.625 bits per heavy atom. The van der Waals surface area contributed by atoms with Gasteiger partial charge in [0.1, 0.15) is 0 Å². The fraction of sp³-hybridized carbons (Fsp3) is 0.917. The van der Waals surface area contributed by atoms with Crippen molar-refractivity contribution in [3.8, 4) is 0 Å². The molecule has 12 aliphatic rings. The van der Waals surface area contributed by atoms with Gasteiger partial charge in [0.05, 0.1) is 44.9 Å². The molecule has 0 heterocycles. The Labute approximate surface area is 200 Å². The highest BCUT2D eigenvalue weighted by Gasteiger charge is 3.15. The summed E-state index contributed by atoms with van der Waals surface area (Å²) in [5.41, 5.74) is -3.46. The van der Waals surface area contributed by atoms with Crippen LogP contribution in [0.4, 0.5) is 0 Å². The molecule has 0 aromatic carbocycles. The van der Waals surface area contributed by atoms with Gasteiger partial charge in [-0.3, -0.25) is 9.59 Å². The minimum absolute atomic E-state index is 0.0519. The predicted molar refractivity (Wildman–Crippen MR) is 111 cm³/mol. The van der Waals surface area contributed by atoms with Crippen molar-refractivity contribution in [1.29, 1.82) is 0 Å². The maximum absolute atomic E-state index is 13.9. The number of hydrogen-bond acceptors (Lipinski definition) is 6. The highest BCUT2D eigenvalue weighted by molar-refractivity contribution is 9.10. The molecule has 0 bridgehead atoms. The predicted octanol–water partition coefficient (Wildman–Crippen LogP) is 0.811. The second-order valence-corrected chi connectivity index (χ2v) is 16.0. The molecule has 6 nitrogen and oxygen atoms in total. The quantitative estimate of drug-likeness (QED) is 0.380. The van der Waals surface area contributed by atoms with Gasteiger partial charge in [-0.25, -0.2) is 0 Å². The molecule has 8 heteroatoms. The average Bonchev–Trinajstić information content (AvgIpc) is 3.58. The number of carbonyl (C=O) groups is 2. The van der Waals surface area contributed by atoms with E-state index >= 15 is 0 Å². The van der Waals surface area contributed by atoms with E-state index in [9.17, 15) is 19.8 Å². The molecule has 0 saturated heterocycles. The molecule has 2 N–H and O–H groups in total. The highest BCUT2D eigenvalue weighted by atomic mass is 79.9. The number of hydrogen-bond donors (Lipinski definition) is 2. The van der Waals surface area contributed by atoms with Crippen LogP contribution in [0.15, 0.2) is 0 Å². The lowest BCUT2D eigenvalue weighted by Gasteiger charge is -2.47. The molecular weight excluding hydrogens is 544 g/mol. The lowest BCUT2D eigenvalue weighted by atomic mass is 9.63. The van der Waals surface area contributed by atoms with E-state index in [1.807, 2.05) is 0 Å². The third kappa shape index (κ3) is 0.820. The molecule has 20 atom stereocenters. The van der Waals surface area contributed by atoms with Crippen LogP contribution >= 0.6 is 31.9 Å². The average molecular weight is 566 g/mol. The van der Waals surface area contributed by atoms with Gasteiger partial charge in [-0.15, -0.1) is 0 Å². The molecule has 0 radical (unpaired) electrons. The van der Waals surface area contributed by atoms with Crippen molar-refractivity contribution in [3.63, 3.8) is 0 Å². The van der Waals surface area contributed by atoms with E-state index in [1.54, 1.807) is 0 Å². The zero-order valence-corrected chi connectivity index (χ0v) is 20.5. The second-order valence-electron chi connectivity index (χ2n) is 13.4. The summed E-state index contributed by atoms with van der Waals surface area (Å²) in [5.74, 6) is 0.361. The zero-order valence-electron chi connectivity index (χ0n) is 17.4. The molecule has 0 aromatic rings. The first-order chi connectivity index (χ1) is 15.2. The Hall–Kier alpha value is -0.180. The maximum Gasteiger partial charge on any atom is 0.312 e. The lowest BCUT2D eigenvalue weighted by Crippen LogP contribution is -2.59. The van der Waals surface area contributed by atoms with E-state index in [1.165, 1.54) is 14.2 Å². The van der Waals surface area contributed by atoms with E-state index in [0.29, 0.717) is 0 Å². The van der Waals surface area contributed by atoms with Crippen LogP contribution in [0.3, 0.4) is 0 Å². The van der Waals surface area contributed by atoms with Crippen LogP contribution in [0.1, 0.15) is 0 Å². The molecule has 168 valence electrons. The fourth-order valence-corrected chi connectivity index (χ4v) is 20.1. The molecule has 32 heavy (non-hydrogen) atoms. The Morgan fingerprint density at radius 3 is 1.34 bits per heavy atom. The van der Waals surface area contributed by atoms with Crippen LogP contribution in [0.2, 0.25) is 0 Å². The zero-order chi connectivity index (χ0) is 21.7. The maximum atomic E-state index is 13.9. The van der Waals surface area contributed by atoms with Crippen molar-refractivity contribution >= 4 is 43.8 Å². The van der Waals surface area contributed by atoms with Gasteiger partial charge in [-0.2, -0.15) is 0 Å². The molecule has 0 aromatic heterocycles. The molecule has 12 aliphatic carbocycles. The lowest BCUT2D eigenvalue weighted by molar-refractivity contribution is -0.164. The largest absolute Gasteiger partial charge is 0.469 e. The van der Waals surface area contributed by atoms with Gasteiger partial charge in [0.2, 0.25) is 0 Å². The summed E-state index contributed by atoms with van der Waals surface area (Å²) in [6.07, 6.45) is 0. The number of alkyl halides is 2. The summed E-state index contributed by atoms with van der Waals surface area (Å²) in [5, 5.41) is 25.8. The molecule has 12 saturated carbocycles. The molecule has 0 aliphatic heterocycles. The molecule has 0 spiro atoms. The first-order valence-electron chi connectivity index (χ1n) is 12.2. The van der Waals surface area contributed by atoms with Crippen LogP contribution in [0, 0.1) is 93.7 Å². The number of carbonyl (C=O) groups excluding carboxylic acids is 2. The van der Waals surface area contributed by atoms with Crippen molar-refractivity contribution in [1.82, 2.24) is 0 Å². The molecule has 20 unspecified atom stereocenters. The number of methoxy groups -OCH3 is 2. The monoisotopic (exact) mass is 564 g/mol. The Morgan fingerprint density at radius 2 is 1.00 bits per heavy atom. The van der Waals surface area contributed by atoms with E-state index in [0.717, 1.165) is 0 Å². The topological polar surface area (TPSA) is 93.1 Å². The minimum atomic E-state index is -0.985. The number of halogens is 2. The van der Waals surface area contributed by atoms with Gasteiger partial charge < -0.3 is 19.7 Å². The third-order valence-corrected chi connectivity index (χ3v) is 18.3. The van der Waals surface area contributed by atoms with Crippen molar-refractivity contribution < 1.29 is 29.3 Å². The van der Waals surface area contributed by atoms with Gasteiger partial charge in [-0.1, -0.05) is 31.9 Å². The number of rotatable bonds is 2. The fourth-order valence-electron chi connectivity index (χ4n) is 16.5. The normalized spacial score (nSPS) is 85.6. The van der Waals surface area contributed by atoms with Crippen LogP contribution in [0.5, 0.6) is 0 Å². The number of aliphatic hydroxyl groups is 2. The molecule has 0 amide bonds. The Balaban J connectivity index is 1.40. The van der Waals surface area contributed by atoms with Crippen molar-refractivity contribution in [2.24, 2.45) is 93.7 Å². The molecule has 12 rings (SSSR count). The van der Waals surface area contributed by atoms with Gasteiger partial charge in [-0.05, 0) is 71.0 Å². The molecular formula is C24H22Br2O6. The van der Waals surface area contributed by atoms with Crippen LogP contribution < -0.4 is 0 Å². The first kappa shape index (κ1) is 17.3. The number of esters is 2. The van der Waals surface area contributed by atoms with Crippen LogP contribution in [-0.4, -0.2) is 56.2 Å². The van der Waals surface area contributed by atoms with Crippen molar-refractivity contribution in [3.05, 3.63) is 0 Å². The van der Waals surface area contributed by atoms with E-state index < -0.39 is 30.7 Å². The van der Waals surface area contributed by atoms with Gasteiger partial charge in [0.25, 0.3) is 0 Å². The number of ether oxygens (including phenoxy) is 2. The van der Waals surface area contributed by atoms with Crippen LogP contribution in [-0.2, 0) is 19.1 Å². The van der Waals surface area contributed by atoms with Gasteiger partial charge in [0.15, 0.2) is 0 Å². The van der Waals surface area contributed by atoms with E-state index in [2.05, 4.69) is 31.9 Å². The SMILES string of the molecule is COC(=O)C12C3C4C5C6C7C8C5C5(Br)C9C(C%10C(C89C(=O)OC)C7(O)C(Br)(C63)C%101)C2C45O. The summed E-state index contributed by atoms with van der Waals surface area (Å²) in [7, 11) is 2.97. The van der Waals surface area contributed by atoms with E-state index in [-0.39, 0.29) is 94.8 Å². The van der Waals surface area contributed by atoms with Crippen LogP contribution in [0.25, 0.3) is 0 Å². The van der Waals surface area contributed by atoms with Gasteiger partial charge >= 0.3 is 11.9 Å². The molecule has 12 fully saturated rings. The minimum Gasteiger partial charge on any atom is -0.469 e. The summed E-state index contributed by atoms with van der Waals surface area (Å²) >= 11 is 8.45. The summed E-state index contributed by atoms with van der Waals surface area (Å²) < 4.78 is 10.0. The summed E-state index contributed by atoms with van der Waals surface area (Å²) in [4.78, 5) is 27.8. The van der Waals surface area contributed by atoms with Crippen molar-refractivity contribution in [2.75, 3.05) is 14.2 Å². The van der Waals surface area contributed by atoms with Crippen molar-refractivity contribution in [2.45, 2.75) is 19.9 Å². The smallest absolute Gasteiger partial charge is 0.312 e. The highest BCUT2D eigenvalue weighted by Crippen LogP contribution is 3.09. The van der Waals surface area contributed by atoms with E-state index in [4.69, 9.17) is 9.47 Å². The Bertz CT molecular complexity index is 1060. The Kier molecular flexibility index (Phi) is 2.01. The second kappa shape index (κ2) is 3.72. The van der Waals surface area contributed by atoms with Gasteiger partial charge in [0, 0.05) is 11.8 Å². The third-order valence-electron chi connectivity index (χ3n) is 14.9. The summed E-state index contributed by atoms with van der Waals surface area (Å²) in [6, 6.07) is 0. The summed E-state index contributed by atoms with van der Waals surface area (Å²) in [6.45, 7) is 0. The standard InChI is InChI=1S/C24H22Br2O6/c1-31-17(27)19-11-7-3-4-8-12-10(3)24(30)16-5(13(19)21(7,24)25)6-14(20(12,16)18(28)32-2)22(8,26)23(29,9(4)11)15(6)19/h3-16,29-30H,1-2H3. The first-order valence-corrected chi connectivity index (χ1v) is 13.8.